The number of carbonyl (C=O) groups is 1. The number of benzene rings is 1. The Hall–Kier alpha value is -2.78. The molecule has 1 aromatic carbocycles. The molecule has 0 atom stereocenters. The number of nitrogens with one attached hydrogen (secondary N) is 1. The molecule has 1 fully saturated rings. The van der Waals surface area contributed by atoms with Crippen LogP contribution >= 0.6 is 0 Å². The summed E-state index contributed by atoms with van der Waals surface area (Å²) < 4.78 is 19.9. The van der Waals surface area contributed by atoms with Gasteiger partial charge in [0.15, 0.2) is 0 Å². The fourth-order valence-electron chi connectivity index (χ4n) is 2.74. The molecule has 2 heterocycles. The molecule has 0 aliphatic carbocycles. The van der Waals surface area contributed by atoms with Gasteiger partial charge in [0.25, 0.3) is 5.56 Å². The first-order valence-electron chi connectivity index (χ1n) is 7.65. The van der Waals surface area contributed by atoms with Crippen molar-refractivity contribution in [1.82, 2.24) is 14.5 Å². The Bertz CT molecular complexity index is 915. The fraction of sp³-hybridized carbons (Fsp3) is 0.312. The third-order valence-electron chi connectivity index (χ3n) is 3.99. The number of aromatic carboxylic acids is 1. The number of H-pyrrole nitrogens is 1. The highest BCUT2D eigenvalue weighted by atomic mass is 19.1. The highest BCUT2D eigenvalue weighted by Crippen LogP contribution is 2.11. The van der Waals surface area contributed by atoms with Gasteiger partial charge in [0.2, 0.25) is 0 Å². The molecule has 2 N–H and O–H groups in total. The molecule has 1 aliphatic heterocycles. The molecule has 0 unspecified atom stereocenters. The third-order valence-corrected chi connectivity index (χ3v) is 3.99. The van der Waals surface area contributed by atoms with E-state index in [9.17, 15) is 23.9 Å². The van der Waals surface area contributed by atoms with Crippen molar-refractivity contribution in [3.63, 3.8) is 0 Å². The van der Waals surface area contributed by atoms with E-state index in [0.29, 0.717) is 30.9 Å². The summed E-state index contributed by atoms with van der Waals surface area (Å²) in [5.41, 5.74) is -2.66. The van der Waals surface area contributed by atoms with E-state index < -0.39 is 28.7 Å². The number of hydrogen-bond acceptors (Lipinski definition) is 5. The van der Waals surface area contributed by atoms with Crippen LogP contribution in [-0.2, 0) is 11.3 Å². The number of nitrogens with zero attached hydrogens (tertiary/aromatic N) is 2. The Morgan fingerprint density at radius 2 is 1.92 bits per heavy atom. The lowest BCUT2D eigenvalue weighted by molar-refractivity contribution is 0.0336. The van der Waals surface area contributed by atoms with Crippen molar-refractivity contribution < 1.29 is 19.0 Å². The molecule has 9 heteroatoms. The van der Waals surface area contributed by atoms with Gasteiger partial charge >= 0.3 is 11.7 Å². The predicted molar refractivity (Wildman–Crippen MR) is 85.7 cm³/mol. The van der Waals surface area contributed by atoms with Crippen LogP contribution in [0.4, 0.5) is 4.39 Å². The average molecular weight is 349 g/mol. The molecule has 1 aliphatic rings. The van der Waals surface area contributed by atoms with Crippen LogP contribution in [0, 0.1) is 5.82 Å². The van der Waals surface area contributed by atoms with E-state index in [4.69, 9.17) is 4.74 Å². The lowest BCUT2D eigenvalue weighted by Gasteiger charge is -2.26. The largest absolute Gasteiger partial charge is 0.477 e. The van der Waals surface area contributed by atoms with Gasteiger partial charge in [-0.25, -0.2) is 18.5 Å². The van der Waals surface area contributed by atoms with Crippen molar-refractivity contribution >= 4 is 5.97 Å². The lowest BCUT2D eigenvalue weighted by Crippen LogP contribution is -2.43. The smallest absolute Gasteiger partial charge is 0.352 e. The standard InChI is InChI=1S/C16H16FN3O5/c17-11-3-1-2-4-12(11)20-14(21)10(9-19-5-7-25-8-6-19)13(15(22)23)18-16(20)24/h1-4H,5-9H2,(H,18,24)(H,22,23). The third kappa shape index (κ3) is 3.37. The number of aromatic nitrogens is 2. The summed E-state index contributed by atoms with van der Waals surface area (Å²) in [4.78, 5) is 40.5. The Labute approximate surface area is 141 Å². The van der Waals surface area contributed by atoms with Crippen LogP contribution < -0.4 is 11.2 Å². The van der Waals surface area contributed by atoms with Gasteiger partial charge in [-0.1, -0.05) is 12.1 Å². The van der Waals surface area contributed by atoms with Gasteiger partial charge in [-0.2, -0.15) is 0 Å². The molecule has 2 aromatic rings. The summed E-state index contributed by atoms with van der Waals surface area (Å²) in [7, 11) is 0. The Kier molecular flexibility index (Phi) is 4.77. The van der Waals surface area contributed by atoms with Crippen molar-refractivity contribution in [2.45, 2.75) is 6.54 Å². The van der Waals surface area contributed by atoms with Crippen molar-refractivity contribution in [2.75, 3.05) is 26.3 Å². The zero-order chi connectivity index (χ0) is 18.0. The fourth-order valence-corrected chi connectivity index (χ4v) is 2.74. The van der Waals surface area contributed by atoms with E-state index in [-0.39, 0.29) is 17.8 Å². The molecule has 0 bridgehead atoms. The molecule has 132 valence electrons. The van der Waals surface area contributed by atoms with Crippen LogP contribution in [0.25, 0.3) is 5.69 Å². The molecule has 1 aromatic heterocycles. The quantitative estimate of drug-likeness (QED) is 0.817. The first kappa shape index (κ1) is 17.1. The summed E-state index contributed by atoms with van der Waals surface area (Å²) in [6.07, 6.45) is 0. The van der Waals surface area contributed by atoms with Gasteiger partial charge in [-0.15, -0.1) is 0 Å². The minimum absolute atomic E-state index is 0.0229. The van der Waals surface area contributed by atoms with Crippen LogP contribution in [0.2, 0.25) is 0 Å². The SMILES string of the molecule is O=C(O)c1[nH]c(=O)n(-c2ccccc2F)c(=O)c1CN1CCOCC1. The van der Waals surface area contributed by atoms with Gasteiger partial charge in [-0.05, 0) is 12.1 Å². The molecule has 0 saturated carbocycles. The number of hydrogen-bond donors (Lipinski definition) is 2. The highest BCUT2D eigenvalue weighted by molar-refractivity contribution is 5.86. The minimum atomic E-state index is -1.42. The summed E-state index contributed by atoms with van der Waals surface area (Å²) >= 11 is 0. The number of halogens is 1. The minimum Gasteiger partial charge on any atom is -0.477 e. The molecule has 0 amide bonds. The topological polar surface area (TPSA) is 105 Å². The maximum atomic E-state index is 14.0. The number of aromatic amines is 1. The van der Waals surface area contributed by atoms with E-state index in [2.05, 4.69) is 4.98 Å². The highest BCUT2D eigenvalue weighted by Gasteiger charge is 2.23. The van der Waals surface area contributed by atoms with Crippen molar-refractivity contribution in [3.8, 4) is 5.69 Å². The normalized spacial score (nSPS) is 15.2. The van der Waals surface area contributed by atoms with Crippen LogP contribution in [0.5, 0.6) is 0 Å². The Balaban J connectivity index is 2.16. The number of rotatable bonds is 4. The molecular formula is C16H16FN3O5. The van der Waals surface area contributed by atoms with E-state index in [0.717, 1.165) is 6.07 Å². The number of carboxylic acids is 1. The second-order valence-corrected chi connectivity index (χ2v) is 5.57. The summed E-state index contributed by atoms with van der Waals surface area (Å²) in [6.45, 7) is 2.00. The lowest BCUT2D eigenvalue weighted by atomic mass is 10.2. The van der Waals surface area contributed by atoms with Crippen LogP contribution in [-0.4, -0.2) is 51.8 Å². The second kappa shape index (κ2) is 6.99. The molecule has 25 heavy (non-hydrogen) atoms. The number of para-hydroxylation sites is 1. The zero-order valence-electron chi connectivity index (χ0n) is 13.2. The van der Waals surface area contributed by atoms with Gasteiger partial charge < -0.3 is 14.8 Å². The molecule has 3 rings (SSSR count). The van der Waals surface area contributed by atoms with Gasteiger partial charge in [0.1, 0.15) is 11.5 Å². The molecule has 0 radical (unpaired) electrons. The molecule has 1 saturated heterocycles. The number of morpholine rings is 1. The number of ether oxygens (including phenoxy) is 1. The van der Waals surface area contributed by atoms with Crippen molar-refractivity contribution in [1.29, 1.82) is 0 Å². The summed E-state index contributed by atoms with van der Waals surface area (Å²) in [5.74, 6) is -2.17. The van der Waals surface area contributed by atoms with Gasteiger partial charge in [0, 0.05) is 19.6 Å². The maximum Gasteiger partial charge on any atom is 0.352 e. The van der Waals surface area contributed by atoms with Crippen LogP contribution in [0.1, 0.15) is 16.1 Å². The summed E-state index contributed by atoms with van der Waals surface area (Å²) in [5, 5.41) is 9.32. The average Bonchev–Trinajstić information content (AvgIpc) is 2.59. The molecule has 8 nitrogen and oxygen atoms in total. The van der Waals surface area contributed by atoms with Gasteiger partial charge in [-0.3, -0.25) is 9.69 Å². The zero-order valence-corrected chi connectivity index (χ0v) is 13.2. The van der Waals surface area contributed by atoms with Gasteiger partial charge in [0.05, 0.1) is 24.5 Å². The van der Waals surface area contributed by atoms with Crippen molar-refractivity contribution in [3.05, 3.63) is 62.2 Å². The van der Waals surface area contributed by atoms with Crippen LogP contribution in [0.3, 0.4) is 0 Å². The second-order valence-electron chi connectivity index (χ2n) is 5.57. The summed E-state index contributed by atoms with van der Waals surface area (Å²) in [6, 6.07) is 5.31. The number of carboxylic acid groups (broad SMARTS) is 1. The van der Waals surface area contributed by atoms with E-state index in [1.54, 1.807) is 0 Å². The Morgan fingerprint density at radius 3 is 2.56 bits per heavy atom. The van der Waals surface area contributed by atoms with Crippen LogP contribution in [0.15, 0.2) is 33.9 Å². The Morgan fingerprint density at radius 1 is 1.24 bits per heavy atom. The van der Waals surface area contributed by atoms with E-state index in [1.807, 2.05) is 4.90 Å². The molecule has 0 spiro atoms. The van der Waals surface area contributed by atoms with E-state index >= 15 is 0 Å². The molecular weight excluding hydrogens is 333 g/mol. The maximum absolute atomic E-state index is 14.0. The van der Waals surface area contributed by atoms with E-state index in [1.165, 1.54) is 18.2 Å². The first-order valence-corrected chi connectivity index (χ1v) is 7.65. The van der Waals surface area contributed by atoms with Crippen molar-refractivity contribution in [2.24, 2.45) is 0 Å². The monoisotopic (exact) mass is 349 g/mol. The predicted octanol–water partition coefficient (Wildman–Crippen LogP) is 0.195. The first-order chi connectivity index (χ1) is 12.0.